The summed E-state index contributed by atoms with van der Waals surface area (Å²) in [6, 6.07) is 0. The Kier molecular flexibility index (Phi) is 4.82. The van der Waals surface area contributed by atoms with Gasteiger partial charge in [-0.15, -0.1) is 19.4 Å². The number of rotatable bonds is 1. The van der Waals surface area contributed by atoms with Gasteiger partial charge < -0.3 is 0 Å². The minimum atomic E-state index is 0. The number of hydrogen-bond acceptors (Lipinski definition) is 0. The first kappa shape index (κ1) is 14.7. The SMILES string of the molecule is CC1=CC=C(C(C)C)C(C)=C2[C-](C)CCC12.[Li+]. The van der Waals surface area contributed by atoms with Crippen LogP contribution in [0.1, 0.15) is 47.5 Å². The Labute approximate surface area is 118 Å². The predicted octanol–water partition coefficient (Wildman–Crippen LogP) is 1.85. The first-order chi connectivity index (χ1) is 7.52. The molecule has 17 heavy (non-hydrogen) atoms. The van der Waals surface area contributed by atoms with Crippen LogP contribution in [0.3, 0.4) is 0 Å². The van der Waals surface area contributed by atoms with Crippen molar-refractivity contribution in [3.05, 3.63) is 40.4 Å². The van der Waals surface area contributed by atoms with Crippen LogP contribution in [0, 0.1) is 17.8 Å². The van der Waals surface area contributed by atoms with Crippen molar-refractivity contribution < 1.29 is 18.9 Å². The van der Waals surface area contributed by atoms with E-state index in [1.807, 2.05) is 0 Å². The summed E-state index contributed by atoms with van der Waals surface area (Å²) in [7, 11) is 0. The molecule has 1 unspecified atom stereocenters. The summed E-state index contributed by atoms with van der Waals surface area (Å²) in [6.45, 7) is 11.5. The van der Waals surface area contributed by atoms with Gasteiger partial charge in [0.1, 0.15) is 0 Å². The molecule has 2 rings (SSSR count). The number of hydrogen-bond donors (Lipinski definition) is 0. The topological polar surface area (TPSA) is 0 Å². The van der Waals surface area contributed by atoms with Gasteiger partial charge in [0.2, 0.25) is 0 Å². The van der Waals surface area contributed by atoms with Crippen LogP contribution in [0.5, 0.6) is 0 Å². The van der Waals surface area contributed by atoms with E-state index < -0.39 is 0 Å². The molecule has 0 aromatic heterocycles. The van der Waals surface area contributed by atoms with E-state index in [9.17, 15) is 0 Å². The van der Waals surface area contributed by atoms with Crippen LogP contribution in [-0.4, -0.2) is 0 Å². The Hall–Kier alpha value is -0.313. The van der Waals surface area contributed by atoms with E-state index in [1.54, 1.807) is 22.6 Å². The summed E-state index contributed by atoms with van der Waals surface area (Å²) < 4.78 is 0. The van der Waals surface area contributed by atoms with E-state index in [2.05, 4.69) is 46.8 Å². The molecule has 0 N–H and O–H groups in total. The maximum absolute atomic E-state index is 2.34. The fraction of sp³-hybridized carbons (Fsp3) is 0.562. The maximum atomic E-state index is 2.34. The Morgan fingerprint density at radius 2 is 1.88 bits per heavy atom. The normalized spacial score (nSPS) is 24.1. The smallest absolute Gasteiger partial charge is 0.215 e. The van der Waals surface area contributed by atoms with Gasteiger partial charge in [-0.05, 0) is 18.8 Å². The first-order valence-electron chi connectivity index (χ1n) is 6.44. The van der Waals surface area contributed by atoms with Gasteiger partial charge in [0, 0.05) is 0 Å². The molecule has 0 aromatic rings. The number of allylic oxidation sites excluding steroid dienone is 6. The van der Waals surface area contributed by atoms with E-state index in [1.165, 1.54) is 18.4 Å². The molecular formula is C16H23Li. The average Bonchev–Trinajstić information content (AvgIpc) is 2.53. The summed E-state index contributed by atoms with van der Waals surface area (Å²) in [5, 5.41) is 0. The minimum absolute atomic E-state index is 0. The van der Waals surface area contributed by atoms with Crippen molar-refractivity contribution in [3.8, 4) is 0 Å². The molecule has 1 fully saturated rings. The third-order valence-electron chi connectivity index (χ3n) is 4.15. The van der Waals surface area contributed by atoms with Gasteiger partial charge in [-0.2, -0.15) is 5.57 Å². The van der Waals surface area contributed by atoms with E-state index in [0.717, 1.165) is 0 Å². The second kappa shape index (κ2) is 5.55. The predicted molar refractivity (Wildman–Crippen MR) is 71.0 cm³/mol. The van der Waals surface area contributed by atoms with Crippen LogP contribution in [0.2, 0.25) is 0 Å². The van der Waals surface area contributed by atoms with Crippen molar-refractivity contribution >= 4 is 0 Å². The van der Waals surface area contributed by atoms with Crippen LogP contribution in [0.4, 0.5) is 0 Å². The Bertz CT molecular complexity index is 382. The van der Waals surface area contributed by atoms with Crippen molar-refractivity contribution in [2.45, 2.75) is 47.5 Å². The number of fused-ring (bicyclic) bond motifs is 1. The fourth-order valence-corrected chi connectivity index (χ4v) is 3.22. The van der Waals surface area contributed by atoms with Crippen molar-refractivity contribution in [2.75, 3.05) is 0 Å². The molecule has 0 radical (unpaired) electrons. The zero-order valence-corrected chi connectivity index (χ0v) is 12.2. The molecule has 1 heteroatoms. The van der Waals surface area contributed by atoms with E-state index in [4.69, 9.17) is 0 Å². The fourth-order valence-electron chi connectivity index (χ4n) is 3.22. The molecule has 0 aromatic carbocycles. The van der Waals surface area contributed by atoms with Gasteiger partial charge in [-0.25, -0.2) is 11.5 Å². The quantitative estimate of drug-likeness (QED) is 0.469. The summed E-state index contributed by atoms with van der Waals surface area (Å²) >= 11 is 0. The van der Waals surface area contributed by atoms with Crippen LogP contribution < -0.4 is 18.9 Å². The van der Waals surface area contributed by atoms with Gasteiger partial charge in [0.05, 0.1) is 0 Å². The summed E-state index contributed by atoms with van der Waals surface area (Å²) in [5.74, 6) is 2.94. The zero-order chi connectivity index (χ0) is 11.9. The summed E-state index contributed by atoms with van der Waals surface area (Å²) in [4.78, 5) is 0. The second-order valence-corrected chi connectivity index (χ2v) is 5.60. The zero-order valence-electron chi connectivity index (χ0n) is 12.2. The van der Waals surface area contributed by atoms with Crippen molar-refractivity contribution in [1.29, 1.82) is 0 Å². The summed E-state index contributed by atoms with van der Waals surface area (Å²) in [6.07, 6.45) is 7.29. The van der Waals surface area contributed by atoms with Gasteiger partial charge in [-0.1, -0.05) is 44.4 Å². The van der Waals surface area contributed by atoms with E-state index in [0.29, 0.717) is 11.8 Å². The molecular weight excluding hydrogens is 199 g/mol. The van der Waals surface area contributed by atoms with Gasteiger partial charge in [-0.3, -0.25) is 0 Å². The Morgan fingerprint density at radius 3 is 2.47 bits per heavy atom. The molecule has 1 saturated carbocycles. The van der Waals surface area contributed by atoms with Gasteiger partial charge >= 0.3 is 18.9 Å². The first-order valence-corrected chi connectivity index (χ1v) is 6.44. The Morgan fingerprint density at radius 1 is 1.24 bits per heavy atom. The van der Waals surface area contributed by atoms with E-state index >= 15 is 0 Å². The van der Waals surface area contributed by atoms with Crippen LogP contribution in [-0.2, 0) is 0 Å². The van der Waals surface area contributed by atoms with Crippen molar-refractivity contribution in [1.82, 2.24) is 0 Å². The molecule has 0 nitrogen and oxygen atoms in total. The molecule has 2 aliphatic rings. The van der Waals surface area contributed by atoms with Gasteiger partial charge in [0.25, 0.3) is 0 Å². The largest absolute Gasteiger partial charge is 1.00 e. The maximum Gasteiger partial charge on any atom is 1.00 e. The van der Waals surface area contributed by atoms with Crippen molar-refractivity contribution in [3.63, 3.8) is 0 Å². The third kappa shape index (κ3) is 2.59. The Balaban J connectivity index is 0.00000144. The average molecular weight is 222 g/mol. The molecule has 2 aliphatic carbocycles. The molecule has 0 heterocycles. The molecule has 1 atom stereocenters. The van der Waals surface area contributed by atoms with Crippen molar-refractivity contribution in [2.24, 2.45) is 11.8 Å². The van der Waals surface area contributed by atoms with Crippen LogP contribution in [0.15, 0.2) is 34.4 Å². The van der Waals surface area contributed by atoms with Crippen LogP contribution >= 0.6 is 0 Å². The second-order valence-electron chi connectivity index (χ2n) is 5.60. The minimum Gasteiger partial charge on any atom is -0.215 e. The van der Waals surface area contributed by atoms with Crippen LogP contribution in [0.25, 0.3) is 0 Å². The molecule has 0 saturated heterocycles. The molecule has 0 bridgehead atoms. The molecule has 0 spiro atoms. The third-order valence-corrected chi connectivity index (χ3v) is 4.15. The van der Waals surface area contributed by atoms with Gasteiger partial charge in [0.15, 0.2) is 0 Å². The molecule has 0 amide bonds. The monoisotopic (exact) mass is 222 g/mol. The standard InChI is InChI=1S/C16H23.Li/c1-10(2)14-8-6-11(3)15-9-7-12(4)16(15)13(14)5;/h6,8,10,15H,7,9H2,1-5H3;/q-1;+1. The van der Waals surface area contributed by atoms with E-state index in [-0.39, 0.29) is 18.9 Å². The summed E-state index contributed by atoms with van der Waals surface area (Å²) in [5.41, 5.74) is 6.26. The molecule has 0 aliphatic heterocycles. The molecule has 88 valence electrons.